The molecule has 1 spiro atoms. The molecule has 5 rings (SSSR count). The van der Waals surface area contributed by atoms with E-state index in [1.807, 2.05) is 74.4 Å². The Hall–Kier alpha value is -4.44. The fraction of sp³-hybridized carbons (Fsp3) is 0.214. The first kappa shape index (κ1) is 22.4. The van der Waals surface area contributed by atoms with Gasteiger partial charge in [-0.3, -0.25) is 4.79 Å². The lowest BCUT2D eigenvalue weighted by molar-refractivity contribution is 0.0224. The Bertz CT molecular complexity index is 1360. The van der Waals surface area contributed by atoms with E-state index < -0.39 is 11.6 Å². The molecule has 0 saturated heterocycles. The van der Waals surface area contributed by atoms with Crippen LogP contribution in [0.1, 0.15) is 37.4 Å². The molecule has 2 heterocycles. The summed E-state index contributed by atoms with van der Waals surface area (Å²) in [5, 5.41) is 2.68. The van der Waals surface area contributed by atoms with E-state index in [0.717, 1.165) is 11.4 Å². The van der Waals surface area contributed by atoms with Crippen LogP contribution in [0.4, 0.5) is 11.4 Å². The number of ether oxygens (including phenoxy) is 2. The molecular weight excluding hydrogens is 442 g/mol. The van der Waals surface area contributed by atoms with E-state index in [9.17, 15) is 9.59 Å². The molecule has 0 saturated carbocycles. The number of nitrogens with zero attached hydrogens (tertiary/aromatic N) is 2. The number of amides is 1. The molecule has 176 valence electrons. The number of hydrogen-bond donors (Lipinski definition) is 1. The molecule has 1 amide bonds. The molecule has 2 aliphatic heterocycles. The molecule has 35 heavy (non-hydrogen) atoms. The van der Waals surface area contributed by atoms with E-state index in [1.54, 1.807) is 18.2 Å². The number of anilines is 2. The normalized spacial score (nSPS) is 14.1. The maximum absolute atomic E-state index is 13.2. The van der Waals surface area contributed by atoms with Crippen LogP contribution in [0.15, 0.2) is 54.6 Å². The van der Waals surface area contributed by atoms with Crippen molar-refractivity contribution < 1.29 is 19.1 Å². The molecule has 0 aliphatic carbocycles. The lowest BCUT2D eigenvalue weighted by Crippen LogP contribution is -2.33. The van der Waals surface area contributed by atoms with Crippen LogP contribution in [0.3, 0.4) is 0 Å². The van der Waals surface area contributed by atoms with Gasteiger partial charge in [-0.05, 0) is 42.5 Å². The molecule has 0 fully saturated rings. The van der Waals surface area contributed by atoms with Crippen LogP contribution < -0.4 is 19.9 Å². The van der Waals surface area contributed by atoms with Gasteiger partial charge in [-0.25, -0.2) is 4.79 Å². The third kappa shape index (κ3) is 3.38. The van der Waals surface area contributed by atoms with Gasteiger partial charge in [0.25, 0.3) is 5.91 Å². The molecule has 0 atom stereocenters. The van der Waals surface area contributed by atoms with Crippen molar-refractivity contribution in [2.75, 3.05) is 44.5 Å². The lowest BCUT2D eigenvalue weighted by atomic mass is 9.77. The van der Waals surface area contributed by atoms with Crippen molar-refractivity contribution >= 4 is 23.3 Å². The minimum Gasteiger partial charge on any atom is -0.456 e. The maximum atomic E-state index is 13.2. The minimum atomic E-state index is -1.26. The summed E-state index contributed by atoms with van der Waals surface area (Å²) < 4.78 is 12.6. The van der Waals surface area contributed by atoms with Crippen LogP contribution in [0.25, 0.3) is 0 Å². The average Bonchev–Trinajstić information content (AvgIpc) is 3.14. The number of nitrogens with one attached hydrogen (secondary N) is 1. The van der Waals surface area contributed by atoms with Gasteiger partial charge < -0.3 is 24.6 Å². The quantitative estimate of drug-likeness (QED) is 0.466. The predicted octanol–water partition coefficient (Wildman–Crippen LogP) is 3.75. The summed E-state index contributed by atoms with van der Waals surface area (Å²) in [4.78, 5) is 29.8. The highest BCUT2D eigenvalue weighted by molar-refractivity contribution is 6.00. The number of carbonyl (C=O) groups excluding carboxylic acids is 2. The highest BCUT2D eigenvalue weighted by Gasteiger charge is 2.53. The van der Waals surface area contributed by atoms with Crippen molar-refractivity contribution in [2.45, 2.75) is 5.60 Å². The SMILES string of the molecule is C#CCNC(=O)c1ccc2c(c1)C1(OC2=O)c2ccc(N(C)C)cc2Oc2cc(N(C)C)ccc21. The Balaban J connectivity index is 1.78. The maximum Gasteiger partial charge on any atom is 0.340 e. The second-order valence-electron chi connectivity index (χ2n) is 8.97. The van der Waals surface area contributed by atoms with Gasteiger partial charge in [-0.15, -0.1) is 6.42 Å². The van der Waals surface area contributed by atoms with E-state index in [0.29, 0.717) is 39.3 Å². The monoisotopic (exact) mass is 467 g/mol. The number of benzene rings is 3. The molecule has 1 N–H and O–H groups in total. The smallest absolute Gasteiger partial charge is 0.340 e. The van der Waals surface area contributed by atoms with Gasteiger partial charge in [0.05, 0.1) is 12.1 Å². The summed E-state index contributed by atoms with van der Waals surface area (Å²) in [7, 11) is 7.80. The molecule has 3 aromatic carbocycles. The number of rotatable bonds is 4. The zero-order valence-corrected chi connectivity index (χ0v) is 20.0. The Labute approximate surface area is 204 Å². The number of hydrogen-bond acceptors (Lipinski definition) is 6. The first-order valence-corrected chi connectivity index (χ1v) is 11.2. The summed E-state index contributed by atoms with van der Waals surface area (Å²) in [6, 6.07) is 16.6. The fourth-order valence-electron chi connectivity index (χ4n) is 4.63. The minimum absolute atomic E-state index is 0.108. The molecule has 2 aliphatic rings. The van der Waals surface area contributed by atoms with Crippen LogP contribution in [0, 0.1) is 12.3 Å². The predicted molar refractivity (Wildman–Crippen MR) is 135 cm³/mol. The van der Waals surface area contributed by atoms with Crippen LogP contribution in [-0.2, 0) is 10.3 Å². The summed E-state index contributed by atoms with van der Waals surface area (Å²) in [5.74, 6) is 2.80. The van der Waals surface area contributed by atoms with E-state index in [-0.39, 0.29) is 12.5 Å². The van der Waals surface area contributed by atoms with Gasteiger partial charge in [-0.1, -0.05) is 5.92 Å². The Morgan fingerprint density at radius 3 is 2.06 bits per heavy atom. The third-order valence-corrected chi connectivity index (χ3v) is 6.42. The highest BCUT2D eigenvalue weighted by Crippen LogP contribution is 2.57. The molecular formula is C28H25N3O4. The van der Waals surface area contributed by atoms with Gasteiger partial charge in [0.1, 0.15) is 11.5 Å². The second-order valence-corrected chi connectivity index (χ2v) is 8.97. The van der Waals surface area contributed by atoms with Gasteiger partial charge in [0, 0.05) is 74.0 Å². The summed E-state index contributed by atoms with van der Waals surface area (Å²) in [6.07, 6.45) is 5.30. The molecule has 3 aromatic rings. The summed E-state index contributed by atoms with van der Waals surface area (Å²) >= 11 is 0. The van der Waals surface area contributed by atoms with E-state index in [4.69, 9.17) is 15.9 Å². The highest BCUT2D eigenvalue weighted by atomic mass is 16.6. The number of esters is 1. The average molecular weight is 468 g/mol. The van der Waals surface area contributed by atoms with Crippen LogP contribution in [0.2, 0.25) is 0 Å². The first-order chi connectivity index (χ1) is 16.8. The van der Waals surface area contributed by atoms with Crippen LogP contribution in [-0.4, -0.2) is 46.6 Å². The number of carbonyl (C=O) groups is 2. The van der Waals surface area contributed by atoms with Crippen molar-refractivity contribution in [1.29, 1.82) is 0 Å². The summed E-state index contributed by atoms with van der Waals surface area (Å²) in [5.41, 5.74) is 3.41. The van der Waals surface area contributed by atoms with E-state index in [1.165, 1.54) is 0 Å². The van der Waals surface area contributed by atoms with E-state index in [2.05, 4.69) is 11.2 Å². The molecule has 0 aromatic heterocycles. The molecule has 0 radical (unpaired) electrons. The zero-order chi connectivity index (χ0) is 24.9. The Morgan fingerprint density at radius 2 is 1.51 bits per heavy atom. The molecule has 0 unspecified atom stereocenters. The standard InChI is InChI=1S/C28H25N3O4/c1-6-13-29-26(32)17-7-10-20-23(14-17)28(35-27(20)33)21-11-8-18(30(2)3)15-24(21)34-25-16-19(31(4)5)9-12-22(25)28/h1,7-12,14-16H,13H2,2-5H3,(H,29,32). The largest absolute Gasteiger partial charge is 0.456 e. The summed E-state index contributed by atoms with van der Waals surface area (Å²) in [6.45, 7) is 0.108. The first-order valence-electron chi connectivity index (χ1n) is 11.2. The third-order valence-electron chi connectivity index (χ3n) is 6.42. The Kier molecular flexibility index (Phi) is 5.17. The van der Waals surface area contributed by atoms with Crippen molar-refractivity contribution in [3.8, 4) is 23.8 Å². The van der Waals surface area contributed by atoms with Gasteiger partial charge >= 0.3 is 5.97 Å². The number of terminal acetylenes is 1. The Morgan fingerprint density at radius 1 is 0.914 bits per heavy atom. The lowest BCUT2D eigenvalue weighted by Gasteiger charge is -2.37. The van der Waals surface area contributed by atoms with Gasteiger partial charge in [0.2, 0.25) is 0 Å². The second kappa shape index (κ2) is 8.10. The van der Waals surface area contributed by atoms with E-state index >= 15 is 0 Å². The van der Waals surface area contributed by atoms with Crippen molar-refractivity contribution in [2.24, 2.45) is 0 Å². The molecule has 7 heteroatoms. The van der Waals surface area contributed by atoms with Crippen molar-refractivity contribution in [1.82, 2.24) is 5.32 Å². The van der Waals surface area contributed by atoms with Gasteiger partial charge in [0.15, 0.2) is 5.60 Å². The van der Waals surface area contributed by atoms with Gasteiger partial charge in [-0.2, -0.15) is 0 Å². The molecule has 0 bridgehead atoms. The van der Waals surface area contributed by atoms with Crippen molar-refractivity contribution in [3.05, 3.63) is 82.4 Å². The van der Waals surface area contributed by atoms with Crippen molar-refractivity contribution in [3.63, 3.8) is 0 Å². The zero-order valence-electron chi connectivity index (χ0n) is 20.0. The van der Waals surface area contributed by atoms with Crippen LogP contribution in [0.5, 0.6) is 11.5 Å². The topological polar surface area (TPSA) is 71.1 Å². The molecule has 7 nitrogen and oxygen atoms in total. The van der Waals surface area contributed by atoms with Crippen LogP contribution >= 0.6 is 0 Å². The fourth-order valence-corrected chi connectivity index (χ4v) is 4.63. The number of fused-ring (bicyclic) bond motifs is 6.